The van der Waals surface area contributed by atoms with Crippen molar-refractivity contribution in [3.63, 3.8) is 0 Å². The van der Waals surface area contributed by atoms with Crippen LogP contribution in [0.5, 0.6) is 11.5 Å². The van der Waals surface area contributed by atoms with Gasteiger partial charge in [0.2, 0.25) is 6.10 Å². The quantitative estimate of drug-likeness (QED) is 0.297. The summed E-state index contributed by atoms with van der Waals surface area (Å²) in [4.78, 5) is 29.7. The molecule has 2 aromatic carbocycles. The molecule has 1 aliphatic rings. The zero-order valence-corrected chi connectivity index (χ0v) is 23.7. The van der Waals surface area contributed by atoms with E-state index >= 15 is 0 Å². The van der Waals surface area contributed by atoms with E-state index < -0.39 is 24.2 Å². The molecule has 8 nitrogen and oxygen atoms in total. The summed E-state index contributed by atoms with van der Waals surface area (Å²) in [7, 11) is 2.73. The Kier molecular flexibility index (Phi) is 9.07. The van der Waals surface area contributed by atoms with Gasteiger partial charge in [0.1, 0.15) is 5.82 Å². The number of amides is 1. The molecule has 1 fully saturated rings. The van der Waals surface area contributed by atoms with Crippen LogP contribution in [0.3, 0.4) is 0 Å². The van der Waals surface area contributed by atoms with E-state index in [1.54, 1.807) is 0 Å². The van der Waals surface area contributed by atoms with Crippen LogP contribution in [0.4, 0.5) is 19.0 Å². The lowest BCUT2D eigenvalue weighted by molar-refractivity contribution is -0.205. The lowest BCUT2D eigenvalue weighted by Gasteiger charge is -2.31. The van der Waals surface area contributed by atoms with Crippen molar-refractivity contribution in [2.45, 2.75) is 57.0 Å². The molecule has 2 N–H and O–H groups in total. The minimum Gasteiger partial charge on any atom is -0.493 e. The van der Waals surface area contributed by atoms with Gasteiger partial charge in [0.25, 0.3) is 5.91 Å². The number of rotatable bonds is 8. The number of aryl methyl sites for hydroxylation is 1. The second-order valence-corrected chi connectivity index (χ2v) is 10.4. The molecule has 214 valence electrons. The summed E-state index contributed by atoms with van der Waals surface area (Å²) in [6.45, 7) is 2.03. The lowest BCUT2D eigenvalue weighted by Crippen LogP contribution is -2.43. The Balaban J connectivity index is 1.45. The third-order valence-corrected chi connectivity index (χ3v) is 7.52. The van der Waals surface area contributed by atoms with Crippen molar-refractivity contribution in [3.05, 3.63) is 58.1 Å². The molecule has 1 heterocycles. The molecule has 1 unspecified atom stereocenters. The maximum absolute atomic E-state index is 13.2. The van der Waals surface area contributed by atoms with Crippen molar-refractivity contribution in [3.8, 4) is 11.5 Å². The molecule has 1 atom stereocenters. The number of ether oxygens (including phenoxy) is 3. The molecule has 0 aliphatic heterocycles. The van der Waals surface area contributed by atoms with E-state index in [4.69, 9.17) is 14.5 Å². The summed E-state index contributed by atoms with van der Waals surface area (Å²) < 4.78 is 54.5. The van der Waals surface area contributed by atoms with Crippen LogP contribution in [0.1, 0.15) is 42.9 Å². The van der Waals surface area contributed by atoms with Crippen molar-refractivity contribution < 1.29 is 37.0 Å². The SMILES string of the molecule is COc1cc(Br)c(C(OC(=O)C(F)(F)F)C(=O)NC2CCC(Nc3cc(C)c4ccccc4n3)CC2)cc1OC. The van der Waals surface area contributed by atoms with Crippen molar-refractivity contribution >= 4 is 44.5 Å². The average Bonchev–Trinajstić information content (AvgIpc) is 2.92. The van der Waals surface area contributed by atoms with E-state index in [-0.39, 0.29) is 33.6 Å². The number of methoxy groups -OCH3 is 2. The highest BCUT2D eigenvalue weighted by Crippen LogP contribution is 2.38. The maximum Gasteiger partial charge on any atom is 0.490 e. The van der Waals surface area contributed by atoms with Gasteiger partial charge in [-0.2, -0.15) is 13.2 Å². The van der Waals surface area contributed by atoms with Gasteiger partial charge in [0.15, 0.2) is 11.5 Å². The number of alkyl halides is 3. The Bertz CT molecular complexity index is 1390. The first-order valence-corrected chi connectivity index (χ1v) is 13.4. The smallest absolute Gasteiger partial charge is 0.490 e. The zero-order valence-electron chi connectivity index (χ0n) is 22.1. The van der Waals surface area contributed by atoms with E-state index in [2.05, 4.69) is 31.3 Å². The minimum absolute atomic E-state index is 0.0131. The lowest BCUT2D eigenvalue weighted by atomic mass is 9.90. The molecular weight excluding hydrogens is 595 g/mol. The van der Waals surface area contributed by atoms with Crippen molar-refractivity contribution in [1.29, 1.82) is 0 Å². The summed E-state index contributed by atoms with van der Waals surface area (Å²) >= 11 is 3.24. The Labute approximate surface area is 237 Å². The molecule has 0 bridgehead atoms. The van der Waals surface area contributed by atoms with E-state index in [9.17, 15) is 22.8 Å². The Morgan fingerprint density at radius 2 is 1.62 bits per heavy atom. The fourth-order valence-corrected chi connectivity index (χ4v) is 5.32. The van der Waals surface area contributed by atoms with Crippen LogP contribution in [-0.4, -0.2) is 49.3 Å². The minimum atomic E-state index is -5.28. The molecule has 1 aromatic heterocycles. The fourth-order valence-electron chi connectivity index (χ4n) is 4.79. The number of hydrogen-bond donors (Lipinski definition) is 2. The van der Waals surface area contributed by atoms with Crippen LogP contribution < -0.4 is 20.1 Å². The van der Waals surface area contributed by atoms with Gasteiger partial charge in [0.05, 0.1) is 19.7 Å². The van der Waals surface area contributed by atoms with Crippen LogP contribution in [0.2, 0.25) is 0 Å². The molecule has 1 amide bonds. The summed E-state index contributed by atoms with van der Waals surface area (Å²) in [6.07, 6.45) is -4.60. The molecule has 1 saturated carbocycles. The first-order chi connectivity index (χ1) is 19.0. The van der Waals surface area contributed by atoms with Crippen LogP contribution in [0.15, 0.2) is 46.9 Å². The number of esters is 1. The van der Waals surface area contributed by atoms with Gasteiger partial charge in [0, 0.05) is 27.5 Å². The monoisotopic (exact) mass is 623 g/mol. The number of para-hydroxylation sites is 1. The number of hydrogen-bond acceptors (Lipinski definition) is 7. The molecule has 0 spiro atoms. The van der Waals surface area contributed by atoms with Crippen molar-refractivity contribution in [2.24, 2.45) is 0 Å². The second kappa shape index (κ2) is 12.3. The first-order valence-electron chi connectivity index (χ1n) is 12.6. The number of carbonyl (C=O) groups is 2. The number of carbonyl (C=O) groups excluding carboxylic acids is 2. The number of pyridine rings is 1. The number of benzene rings is 2. The van der Waals surface area contributed by atoms with E-state index in [0.717, 1.165) is 22.3 Å². The van der Waals surface area contributed by atoms with Crippen LogP contribution in [0, 0.1) is 6.92 Å². The third kappa shape index (κ3) is 6.78. The Morgan fingerprint density at radius 3 is 2.27 bits per heavy atom. The molecule has 0 saturated heterocycles. The van der Waals surface area contributed by atoms with Gasteiger partial charge in [-0.3, -0.25) is 4.79 Å². The number of halogens is 4. The van der Waals surface area contributed by atoms with Gasteiger partial charge in [-0.05, 0) is 62.4 Å². The zero-order chi connectivity index (χ0) is 29.0. The van der Waals surface area contributed by atoms with Gasteiger partial charge in [-0.15, -0.1) is 0 Å². The number of nitrogens with one attached hydrogen (secondary N) is 2. The summed E-state index contributed by atoms with van der Waals surface area (Å²) in [6, 6.07) is 12.4. The number of anilines is 1. The van der Waals surface area contributed by atoms with Crippen LogP contribution in [-0.2, 0) is 14.3 Å². The molecular formula is C28H29BrF3N3O5. The number of aromatic nitrogens is 1. The highest BCUT2D eigenvalue weighted by molar-refractivity contribution is 9.10. The second-order valence-electron chi connectivity index (χ2n) is 9.55. The van der Waals surface area contributed by atoms with E-state index in [1.807, 2.05) is 37.3 Å². The summed E-state index contributed by atoms with van der Waals surface area (Å²) in [5, 5.41) is 7.31. The van der Waals surface area contributed by atoms with Crippen molar-refractivity contribution in [1.82, 2.24) is 10.3 Å². The van der Waals surface area contributed by atoms with E-state index in [1.165, 1.54) is 26.4 Å². The fraction of sp³-hybridized carbons (Fsp3) is 0.393. The first kappa shape index (κ1) is 29.4. The maximum atomic E-state index is 13.2. The van der Waals surface area contributed by atoms with Crippen LogP contribution >= 0.6 is 15.9 Å². The molecule has 12 heteroatoms. The Morgan fingerprint density at radius 1 is 1.00 bits per heavy atom. The highest BCUT2D eigenvalue weighted by Gasteiger charge is 2.44. The largest absolute Gasteiger partial charge is 0.493 e. The number of nitrogens with zero attached hydrogens (tertiary/aromatic N) is 1. The Hall–Kier alpha value is -3.54. The molecule has 1 aliphatic carbocycles. The predicted octanol–water partition coefficient (Wildman–Crippen LogP) is 6.01. The summed E-state index contributed by atoms with van der Waals surface area (Å²) in [5.41, 5.74) is 1.99. The highest BCUT2D eigenvalue weighted by atomic mass is 79.9. The van der Waals surface area contributed by atoms with Gasteiger partial charge >= 0.3 is 12.1 Å². The van der Waals surface area contributed by atoms with Gasteiger partial charge in [-0.1, -0.05) is 34.1 Å². The molecule has 40 heavy (non-hydrogen) atoms. The number of fused-ring (bicyclic) bond motifs is 1. The molecule has 0 radical (unpaired) electrons. The standard InChI is InChI=1S/C28H29BrF3N3O5/c1-15-12-24(35-21-7-5-4-6-18(15)21)33-16-8-10-17(11-9-16)34-26(36)25(40-27(37)28(30,31)32)19-13-22(38-2)23(39-3)14-20(19)29/h4-7,12-14,16-17,25H,8-11H2,1-3H3,(H,33,35)(H,34,36). The normalized spacial score (nSPS) is 18.1. The van der Waals surface area contributed by atoms with E-state index in [0.29, 0.717) is 25.7 Å². The topological polar surface area (TPSA) is 98.8 Å². The molecule has 3 aromatic rings. The summed E-state index contributed by atoms with van der Waals surface area (Å²) in [5.74, 6) is -2.14. The van der Waals surface area contributed by atoms with Crippen LogP contribution in [0.25, 0.3) is 10.9 Å². The van der Waals surface area contributed by atoms with Crippen molar-refractivity contribution in [2.75, 3.05) is 19.5 Å². The van der Waals surface area contributed by atoms with Gasteiger partial charge in [-0.25, -0.2) is 9.78 Å². The van der Waals surface area contributed by atoms with Gasteiger partial charge < -0.3 is 24.8 Å². The molecule has 4 rings (SSSR count). The predicted molar refractivity (Wildman–Crippen MR) is 146 cm³/mol. The third-order valence-electron chi connectivity index (χ3n) is 6.83. The average molecular weight is 624 g/mol.